The van der Waals surface area contributed by atoms with Crippen LogP contribution in [0.15, 0.2) is 29.3 Å². The van der Waals surface area contributed by atoms with Gasteiger partial charge < -0.3 is 15.2 Å². The van der Waals surface area contributed by atoms with E-state index in [1.54, 1.807) is 13.2 Å². The van der Waals surface area contributed by atoms with Gasteiger partial charge in [-0.1, -0.05) is 6.07 Å². The molecule has 0 saturated carbocycles. The number of benzene rings is 1. The van der Waals surface area contributed by atoms with E-state index < -0.39 is 0 Å². The van der Waals surface area contributed by atoms with E-state index in [4.69, 9.17) is 26.8 Å². The predicted octanol–water partition coefficient (Wildman–Crippen LogP) is 1.90. The standard InChI is InChI=1S/C10H13ClN2O2/c1-14-7-15-9-4-2-3-8(5-9)13-10(12)6-11/h2-5H,6-7H2,1H3,(H2,12,13). The summed E-state index contributed by atoms with van der Waals surface area (Å²) in [6.07, 6.45) is 0. The van der Waals surface area contributed by atoms with Crippen molar-refractivity contribution < 1.29 is 9.47 Å². The highest BCUT2D eigenvalue weighted by molar-refractivity contribution is 6.28. The molecule has 0 radical (unpaired) electrons. The molecule has 1 rings (SSSR count). The number of ether oxygens (including phenoxy) is 2. The highest BCUT2D eigenvalue weighted by Gasteiger charge is 1.96. The van der Waals surface area contributed by atoms with Crippen molar-refractivity contribution in [1.82, 2.24) is 0 Å². The van der Waals surface area contributed by atoms with Gasteiger partial charge in [0, 0.05) is 13.2 Å². The highest BCUT2D eigenvalue weighted by atomic mass is 35.5. The Morgan fingerprint density at radius 1 is 1.53 bits per heavy atom. The average Bonchev–Trinajstić information content (AvgIpc) is 2.26. The first-order valence-electron chi connectivity index (χ1n) is 4.37. The van der Waals surface area contributed by atoms with Crippen molar-refractivity contribution in [2.45, 2.75) is 0 Å². The van der Waals surface area contributed by atoms with Gasteiger partial charge in [0.2, 0.25) is 0 Å². The average molecular weight is 229 g/mol. The molecule has 5 heteroatoms. The van der Waals surface area contributed by atoms with Crippen LogP contribution >= 0.6 is 11.6 Å². The molecule has 0 aliphatic carbocycles. The van der Waals surface area contributed by atoms with Crippen LogP contribution in [0, 0.1) is 0 Å². The molecule has 0 heterocycles. The zero-order valence-electron chi connectivity index (χ0n) is 8.44. The molecule has 0 spiro atoms. The summed E-state index contributed by atoms with van der Waals surface area (Å²) in [4.78, 5) is 4.09. The Morgan fingerprint density at radius 2 is 2.33 bits per heavy atom. The zero-order valence-corrected chi connectivity index (χ0v) is 9.20. The van der Waals surface area contributed by atoms with E-state index in [0.29, 0.717) is 17.3 Å². The fourth-order valence-corrected chi connectivity index (χ4v) is 1.03. The Kier molecular flexibility index (Phi) is 4.93. The van der Waals surface area contributed by atoms with Gasteiger partial charge in [-0.3, -0.25) is 0 Å². The Hall–Kier alpha value is -1.26. The van der Waals surface area contributed by atoms with Crippen LogP contribution in [0.2, 0.25) is 0 Å². The first kappa shape index (κ1) is 11.8. The summed E-state index contributed by atoms with van der Waals surface area (Å²) in [6, 6.07) is 7.22. The highest BCUT2D eigenvalue weighted by Crippen LogP contribution is 2.19. The summed E-state index contributed by atoms with van der Waals surface area (Å²) in [5, 5.41) is 0. The van der Waals surface area contributed by atoms with Crippen molar-refractivity contribution in [2.75, 3.05) is 19.8 Å². The lowest BCUT2D eigenvalue weighted by Gasteiger charge is -2.04. The SMILES string of the molecule is COCOc1cccc(N=C(N)CCl)c1. The summed E-state index contributed by atoms with van der Waals surface area (Å²) >= 11 is 5.52. The Balaban J connectivity index is 2.74. The van der Waals surface area contributed by atoms with E-state index in [-0.39, 0.29) is 12.7 Å². The van der Waals surface area contributed by atoms with E-state index in [0.717, 1.165) is 0 Å². The quantitative estimate of drug-likeness (QED) is 0.362. The topological polar surface area (TPSA) is 56.8 Å². The largest absolute Gasteiger partial charge is 0.467 e. The molecule has 1 aromatic carbocycles. The van der Waals surface area contributed by atoms with Gasteiger partial charge in [-0.05, 0) is 12.1 Å². The molecule has 0 aliphatic heterocycles. The third-order valence-corrected chi connectivity index (χ3v) is 1.84. The van der Waals surface area contributed by atoms with Crippen molar-refractivity contribution in [2.24, 2.45) is 10.7 Å². The minimum absolute atomic E-state index is 0.207. The Labute approximate surface area is 93.7 Å². The smallest absolute Gasteiger partial charge is 0.188 e. The molecule has 82 valence electrons. The number of nitrogens with two attached hydrogens (primary N) is 1. The minimum atomic E-state index is 0.207. The monoisotopic (exact) mass is 228 g/mol. The number of hydrogen-bond acceptors (Lipinski definition) is 3. The molecule has 0 fully saturated rings. The zero-order chi connectivity index (χ0) is 11.1. The lowest BCUT2D eigenvalue weighted by Crippen LogP contribution is -2.12. The second kappa shape index (κ2) is 6.27. The fourth-order valence-electron chi connectivity index (χ4n) is 0.966. The maximum Gasteiger partial charge on any atom is 0.188 e. The summed E-state index contributed by atoms with van der Waals surface area (Å²) in [6.45, 7) is 0.207. The van der Waals surface area contributed by atoms with Crippen molar-refractivity contribution >= 4 is 23.1 Å². The second-order valence-corrected chi connectivity index (χ2v) is 3.05. The molecular formula is C10H13ClN2O2. The first-order chi connectivity index (χ1) is 7.26. The number of alkyl halides is 1. The molecule has 0 saturated heterocycles. The summed E-state index contributed by atoms with van der Waals surface area (Å²) in [5.74, 6) is 1.27. The molecular weight excluding hydrogens is 216 g/mol. The second-order valence-electron chi connectivity index (χ2n) is 2.78. The molecule has 4 nitrogen and oxygen atoms in total. The van der Waals surface area contributed by atoms with Crippen LogP contribution in [-0.4, -0.2) is 25.6 Å². The number of amidine groups is 1. The normalized spacial score (nSPS) is 11.5. The van der Waals surface area contributed by atoms with Gasteiger partial charge in [0.1, 0.15) is 11.6 Å². The predicted molar refractivity (Wildman–Crippen MR) is 60.9 cm³/mol. The fraction of sp³-hybridized carbons (Fsp3) is 0.300. The number of hydrogen-bond donors (Lipinski definition) is 1. The molecule has 2 N–H and O–H groups in total. The van der Waals surface area contributed by atoms with Crippen LogP contribution in [-0.2, 0) is 4.74 Å². The van der Waals surface area contributed by atoms with Crippen LogP contribution in [0.25, 0.3) is 0 Å². The maximum atomic E-state index is 5.52. The number of rotatable bonds is 5. The number of methoxy groups -OCH3 is 1. The van der Waals surface area contributed by atoms with Crippen molar-refractivity contribution in [1.29, 1.82) is 0 Å². The van der Waals surface area contributed by atoms with Crippen molar-refractivity contribution in [3.63, 3.8) is 0 Å². The van der Waals surface area contributed by atoms with Gasteiger partial charge in [0.25, 0.3) is 0 Å². The molecule has 0 aliphatic rings. The van der Waals surface area contributed by atoms with Crippen molar-refractivity contribution in [3.05, 3.63) is 24.3 Å². The van der Waals surface area contributed by atoms with Gasteiger partial charge in [0.15, 0.2) is 6.79 Å². The Morgan fingerprint density at radius 3 is 3.00 bits per heavy atom. The van der Waals surface area contributed by atoms with Gasteiger partial charge in [-0.15, -0.1) is 11.6 Å². The third kappa shape index (κ3) is 4.18. The molecule has 0 aromatic heterocycles. The summed E-state index contributed by atoms with van der Waals surface area (Å²) in [5.41, 5.74) is 6.22. The van der Waals surface area contributed by atoms with E-state index in [9.17, 15) is 0 Å². The van der Waals surface area contributed by atoms with Gasteiger partial charge in [-0.2, -0.15) is 0 Å². The van der Waals surface area contributed by atoms with Gasteiger partial charge in [-0.25, -0.2) is 4.99 Å². The summed E-state index contributed by atoms with van der Waals surface area (Å²) < 4.78 is 10.0. The Bertz CT molecular complexity index is 342. The van der Waals surface area contributed by atoms with E-state index in [1.807, 2.05) is 18.2 Å². The number of aliphatic imine (C=N–C) groups is 1. The van der Waals surface area contributed by atoms with Crippen LogP contribution in [0.3, 0.4) is 0 Å². The van der Waals surface area contributed by atoms with Gasteiger partial charge >= 0.3 is 0 Å². The molecule has 1 aromatic rings. The summed E-state index contributed by atoms with van der Waals surface area (Å²) in [7, 11) is 1.56. The van der Waals surface area contributed by atoms with Crippen molar-refractivity contribution in [3.8, 4) is 5.75 Å². The van der Waals surface area contributed by atoms with Crippen LogP contribution < -0.4 is 10.5 Å². The van der Waals surface area contributed by atoms with Crippen LogP contribution in [0.4, 0.5) is 5.69 Å². The maximum absolute atomic E-state index is 5.52. The lowest BCUT2D eigenvalue weighted by molar-refractivity contribution is 0.0512. The van der Waals surface area contributed by atoms with Crippen LogP contribution in [0.1, 0.15) is 0 Å². The molecule has 0 unspecified atom stereocenters. The molecule has 15 heavy (non-hydrogen) atoms. The van der Waals surface area contributed by atoms with E-state index in [1.165, 1.54) is 0 Å². The molecule has 0 atom stereocenters. The first-order valence-corrected chi connectivity index (χ1v) is 4.90. The molecule has 0 amide bonds. The van der Waals surface area contributed by atoms with E-state index >= 15 is 0 Å². The third-order valence-electron chi connectivity index (χ3n) is 1.57. The van der Waals surface area contributed by atoms with E-state index in [2.05, 4.69) is 4.99 Å². The van der Waals surface area contributed by atoms with Gasteiger partial charge in [0.05, 0.1) is 11.6 Å². The number of nitrogens with zero attached hydrogens (tertiary/aromatic N) is 1. The van der Waals surface area contributed by atoms with Crippen LogP contribution in [0.5, 0.6) is 5.75 Å². The lowest BCUT2D eigenvalue weighted by atomic mass is 10.3. The molecule has 0 bridgehead atoms. The number of halogens is 1. The minimum Gasteiger partial charge on any atom is -0.467 e.